The largest absolute Gasteiger partial charge is 0.399 e. The van der Waals surface area contributed by atoms with E-state index < -0.39 is 0 Å². The van der Waals surface area contributed by atoms with Gasteiger partial charge in [-0.3, -0.25) is 4.90 Å². The minimum atomic E-state index is 0.513. The third kappa shape index (κ3) is 4.75. The van der Waals surface area contributed by atoms with E-state index in [0.29, 0.717) is 27.8 Å². The van der Waals surface area contributed by atoms with E-state index in [1.165, 1.54) is 0 Å². The number of nitrogens with two attached hydrogens (primary N) is 1. The summed E-state index contributed by atoms with van der Waals surface area (Å²) >= 11 is 12.3. The molecule has 0 aromatic heterocycles. The van der Waals surface area contributed by atoms with Gasteiger partial charge in [-0.05, 0) is 39.8 Å². The van der Waals surface area contributed by atoms with E-state index in [4.69, 9.17) is 28.9 Å². The monoisotopic (exact) mass is 303 g/mol. The average molecular weight is 304 g/mol. The molecule has 5 heteroatoms. The Morgan fingerprint density at radius 1 is 1.11 bits per heavy atom. The van der Waals surface area contributed by atoms with Crippen LogP contribution in [0.25, 0.3) is 0 Å². The lowest BCUT2D eigenvalue weighted by Gasteiger charge is -2.30. The summed E-state index contributed by atoms with van der Waals surface area (Å²) in [7, 11) is 0. The fourth-order valence-corrected chi connectivity index (χ4v) is 2.82. The van der Waals surface area contributed by atoms with Gasteiger partial charge in [-0.2, -0.15) is 0 Å². The molecule has 3 nitrogen and oxygen atoms in total. The van der Waals surface area contributed by atoms with Crippen molar-refractivity contribution in [3.8, 4) is 0 Å². The Hall–Kier alpha value is -0.640. The van der Waals surface area contributed by atoms with Crippen LogP contribution in [0.15, 0.2) is 12.1 Å². The van der Waals surface area contributed by atoms with Gasteiger partial charge < -0.3 is 11.1 Å². The van der Waals surface area contributed by atoms with Crippen molar-refractivity contribution in [1.29, 1.82) is 0 Å². The third-order valence-electron chi connectivity index (χ3n) is 3.06. The molecule has 0 radical (unpaired) electrons. The van der Waals surface area contributed by atoms with Crippen LogP contribution in [0, 0.1) is 0 Å². The Bertz CT molecular complexity index is 388. The number of anilines is 2. The van der Waals surface area contributed by atoms with Crippen LogP contribution in [0.1, 0.15) is 27.7 Å². The van der Waals surface area contributed by atoms with Gasteiger partial charge in [0.15, 0.2) is 0 Å². The fourth-order valence-electron chi connectivity index (χ4n) is 2.18. The molecule has 1 aromatic rings. The molecule has 1 aromatic carbocycles. The van der Waals surface area contributed by atoms with Crippen molar-refractivity contribution in [2.24, 2.45) is 0 Å². The quantitative estimate of drug-likeness (QED) is 0.777. The van der Waals surface area contributed by atoms with Crippen molar-refractivity contribution in [3.63, 3.8) is 0 Å². The van der Waals surface area contributed by atoms with E-state index in [1.807, 2.05) is 0 Å². The van der Waals surface area contributed by atoms with Gasteiger partial charge in [0.2, 0.25) is 0 Å². The van der Waals surface area contributed by atoms with Crippen LogP contribution < -0.4 is 11.1 Å². The summed E-state index contributed by atoms with van der Waals surface area (Å²) in [6.07, 6.45) is 0. The van der Waals surface area contributed by atoms with Crippen LogP contribution in [-0.2, 0) is 0 Å². The molecule has 1 rings (SSSR count). The first kappa shape index (κ1) is 16.4. The van der Waals surface area contributed by atoms with Crippen LogP contribution >= 0.6 is 23.2 Å². The molecule has 0 saturated carbocycles. The van der Waals surface area contributed by atoms with Gasteiger partial charge in [-0.15, -0.1) is 0 Å². The van der Waals surface area contributed by atoms with Gasteiger partial charge in [0, 0.05) is 30.9 Å². The number of halogens is 2. The van der Waals surface area contributed by atoms with Gasteiger partial charge in [0.25, 0.3) is 0 Å². The second kappa shape index (κ2) is 7.22. The average Bonchev–Trinajstić information content (AvgIpc) is 2.25. The predicted molar refractivity (Wildman–Crippen MR) is 86.3 cm³/mol. The molecule has 0 heterocycles. The Morgan fingerprint density at radius 3 is 2.00 bits per heavy atom. The van der Waals surface area contributed by atoms with Gasteiger partial charge in [0.05, 0.1) is 15.7 Å². The van der Waals surface area contributed by atoms with Gasteiger partial charge in [-0.1, -0.05) is 23.2 Å². The van der Waals surface area contributed by atoms with Crippen molar-refractivity contribution in [1.82, 2.24) is 4.90 Å². The summed E-state index contributed by atoms with van der Waals surface area (Å²) in [6, 6.07) is 4.44. The van der Waals surface area contributed by atoms with E-state index >= 15 is 0 Å². The van der Waals surface area contributed by atoms with E-state index in [-0.39, 0.29) is 0 Å². The van der Waals surface area contributed by atoms with Crippen LogP contribution in [-0.4, -0.2) is 30.1 Å². The van der Waals surface area contributed by atoms with E-state index in [2.05, 4.69) is 37.9 Å². The number of nitrogens with one attached hydrogen (secondary N) is 1. The predicted octanol–water partition coefficient (Wildman–Crippen LogP) is 4.11. The van der Waals surface area contributed by atoms with E-state index in [9.17, 15) is 0 Å². The summed E-state index contributed by atoms with van der Waals surface area (Å²) in [5, 5.41) is 4.41. The molecule has 0 aliphatic rings. The second-order valence-electron chi connectivity index (χ2n) is 5.21. The molecule has 0 bridgehead atoms. The molecule has 0 aliphatic heterocycles. The Morgan fingerprint density at radius 2 is 1.58 bits per heavy atom. The van der Waals surface area contributed by atoms with Crippen LogP contribution in [0.4, 0.5) is 11.4 Å². The number of hydrogen-bond acceptors (Lipinski definition) is 3. The molecular formula is C14H23Cl2N3. The highest BCUT2D eigenvalue weighted by Gasteiger charge is 2.13. The van der Waals surface area contributed by atoms with Crippen LogP contribution in [0.5, 0.6) is 0 Å². The van der Waals surface area contributed by atoms with Crippen molar-refractivity contribution in [2.75, 3.05) is 24.1 Å². The maximum Gasteiger partial charge on any atom is 0.0720 e. The highest BCUT2D eigenvalue weighted by molar-refractivity contribution is 6.39. The topological polar surface area (TPSA) is 41.3 Å². The zero-order valence-corrected chi connectivity index (χ0v) is 13.5. The van der Waals surface area contributed by atoms with Crippen molar-refractivity contribution in [3.05, 3.63) is 22.2 Å². The molecule has 19 heavy (non-hydrogen) atoms. The minimum absolute atomic E-state index is 0.513. The number of nitrogen functional groups attached to an aromatic ring is 1. The number of rotatable bonds is 6. The zero-order valence-electron chi connectivity index (χ0n) is 12.0. The van der Waals surface area contributed by atoms with E-state index in [1.54, 1.807) is 12.1 Å². The minimum Gasteiger partial charge on any atom is -0.399 e. The summed E-state index contributed by atoms with van der Waals surface area (Å²) < 4.78 is 0. The van der Waals surface area contributed by atoms with Gasteiger partial charge >= 0.3 is 0 Å². The van der Waals surface area contributed by atoms with Crippen molar-refractivity contribution < 1.29 is 0 Å². The van der Waals surface area contributed by atoms with E-state index in [0.717, 1.165) is 18.8 Å². The zero-order chi connectivity index (χ0) is 14.6. The Labute approximate surface area is 126 Å². The smallest absolute Gasteiger partial charge is 0.0720 e. The Kier molecular flexibility index (Phi) is 6.24. The van der Waals surface area contributed by atoms with Crippen molar-refractivity contribution >= 4 is 34.6 Å². The molecule has 0 fully saturated rings. The third-order valence-corrected chi connectivity index (χ3v) is 3.66. The first-order valence-corrected chi connectivity index (χ1v) is 7.32. The maximum atomic E-state index is 6.13. The normalized spacial score (nSPS) is 11.6. The standard InChI is InChI=1S/C14H23Cl2N3/c1-9(2)19(10(3)4)6-5-18-14-12(15)7-11(17)8-13(14)16/h7-10,18H,5-6,17H2,1-4H3. The second-order valence-corrected chi connectivity index (χ2v) is 6.03. The molecule has 0 amide bonds. The lowest BCUT2D eigenvalue weighted by atomic mass is 10.2. The number of hydrogen-bond donors (Lipinski definition) is 2. The molecule has 0 saturated heterocycles. The molecule has 0 spiro atoms. The highest BCUT2D eigenvalue weighted by Crippen LogP contribution is 2.32. The summed E-state index contributed by atoms with van der Waals surface area (Å²) in [6.45, 7) is 10.5. The molecule has 0 aliphatic carbocycles. The first-order chi connectivity index (χ1) is 8.82. The van der Waals surface area contributed by atoms with Gasteiger partial charge in [0.1, 0.15) is 0 Å². The SMILES string of the molecule is CC(C)N(CCNc1c(Cl)cc(N)cc1Cl)C(C)C. The molecule has 3 N–H and O–H groups in total. The molecular weight excluding hydrogens is 281 g/mol. The van der Waals surface area contributed by atoms with Crippen LogP contribution in [0.2, 0.25) is 10.0 Å². The first-order valence-electron chi connectivity index (χ1n) is 6.57. The molecule has 0 unspecified atom stereocenters. The Balaban J connectivity index is 2.63. The fraction of sp³-hybridized carbons (Fsp3) is 0.571. The highest BCUT2D eigenvalue weighted by atomic mass is 35.5. The molecule has 108 valence electrons. The summed E-state index contributed by atoms with van der Waals surface area (Å²) in [5.74, 6) is 0. The lowest BCUT2D eigenvalue weighted by molar-refractivity contribution is 0.182. The summed E-state index contributed by atoms with van der Waals surface area (Å²) in [5.41, 5.74) is 7.01. The van der Waals surface area contributed by atoms with Gasteiger partial charge in [-0.25, -0.2) is 0 Å². The van der Waals surface area contributed by atoms with Crippen LogP contribution in [0.3, 0.4) is 0 Å². The lowest BCUT2D eigenvalue weighted by Crippen LogP contribution is -2.40. The number of benzene rings is 1. The maximum absolute atomic E-state index is 6.13. The summed E-state index contributed by atoms with van der Waals surface area (Å²) in [4.78, 5) is 2.41. The van der Waals surface area contributed by atoms with Crippen molar-refractivity contribution in [2.45, 2.75) is 39.8 Å². The number of nitrogens with zero attached hydrogens (tertiary/aromatic N) is 1. The molecule has 0 atom stereocenters.